The van der Waals surface area contributed by atoms with Crippen LogP contribution >= 0.6 is 0 Å². The number of aromatic amines is 1. The van der Waals surface area contributed by atoms with Gasteiger partial charge in [-0.3, -0.25) is 4.79 Å². The lowest BCUT2D eigenvalue weighted by atomic mass is 10.4. The van der Waals surface area contributed by atoms with Crippen molar-refractivity contribution < 1.29 is 9.32 Å². The molecular weight excluding hydrogens is 188 g/mol. The summed E-state index contributed by atoms with van der Waals surface area (Å²) < 4.78 is 4.77. The fourth-order valence-corrected chi connectivity index (χ4v) is 0.838. The van der Waals surface area contributed by atoms with E-state index in [0.29, 0.717) is 5.76 Å². The highest BCUT2D eigenvalue weighted by Crippen LogP contribution is 1.95. The molecule has 0 fully saturated rings. The average Bonchev–Trinajstić information content (AvgIpc) is 2.87. The largest absolute Gasteiger partial charge is 0.360 e. The van der Waals surface area contributed by atoms with Crippen LogP contribution in [-0.4, -0.2) is 31.7 Å². The van der Waals surface area contributed by atoms with Crippen molar-refractivity contribution in [3.05, 3.63) is 23.8 Å². The van der Waals surface area contributed by atoms with E-state index in [0.717, 1.165) is 0 Å². The zero-order chi connectivity index (χ0) is 9.80. The van der Waals surface area contributed by atoms with Gasteiger partial charge in [0.05, 0.1) is 12.7 Å². The van der Waals surface area contributed by atoms with E-state index >= 15 is 0 Å². The van der Waals surface area contributed by atoms with Crippen molar-refractivity contribution in [2.75, 3.05) is 0 Å². The van der Waals surface area contributed by atoms with Gasteiger partial charge in [0, 0.05) is 6.07 Å². The Balaban J connectivity index is 1.90. The van der Waals surface area contributed by atoms with Crippen molar-refractivity contribution in [1.29, 1.82) is 0 Å². The van der Waals surface area contributed by atoms with Gasteiger partial charge in [-0.15, -0.1) is 10.2 Å². The SMILES string of the molecule is O=C(NCc1ccno1)c1nn[nH]n1. The molecule has 0 atom stereocenters. The van der Waals surface area contributed by atoms with Crippen LogP contribution in [0.15, 0.2) is 16.8 Å². The molecule has 0 aliphatic carbocycles. The van der Waals surface area contributed by atoms with Crippen LogP contribution in [0.5, 0.6) is 0 Å². The monoisotopic (exact) mass is 194 g/mol. The van der Waals surface area contributed by atoms with Crippen molar-refractivity contribution in [1.82, 2.24) is 31.1 Å². The van der Waals surface area contributed by atoms with Crippen LogP contribution in [0.1, 0.15) is 16.4 Å². The summed E-state index contributed by atoms with van der Waals surface area (Å²) in [5.74, 6) is 0.126. The van der Waals surface area contributed by atoms with Crippen molar-refractivity contribution in [3.8, 4) is 0 Å². The first kappa shape index (κ1) is 8.35. The molecule has 0 saturated carbocycles. The van der Waals surface area contributed by atoms with Crippen molar-refractivity contribution >= 4 is 5.91 Å². The smallest absolute Gasteiger partial charge is 0.293 e. The van der Waals surface area contributed by atoms with E-state index in [1.165, 1.54) is 6.20 Å². The molecule has 1 amide bonds. The highest BCUT2D eigenvalue weighted by atomic mass is 16.5. The molecule has 2 N–H and O–H groups in total. The Hall–Kier alpha value is -2.25. The van der Waals surface area contributed by atoms with Gasteiger partial charge in [0.25, 0.3) is 11.7 Å². The second kappa shape index (κ2) is 3.64. The van der Waals surface area contributed by atoms with E-state index < -0.39 is 5.91 Å². The minimum absolute atomic E-state index is 0.00971. The lowest BCUT2D eigenvalue weighted by Gasteiger charge is -1.96. The minimum Gasteiger partial charge on any atom is -0.360 e. The molecule has 0 bridgehead atoms. The zero-order valence-electron chi connectivity index (χ0n) is 6.97. The summed E-state index contributed by atoms with van der Waals surface area (Å²) in [7, 11) is 0. The molecule has 2 aromatic rings. The second-order valence-corrected chi connectivity index (χ2v) is 2.40. The van der Waals surface area contributed by atoms with Crippen LogP contribution in [0, 0.1) is 0 Å². The molecule has 2 rings (SSSR count). The maximum Gasteiger partial charge on any atom is 0.293 e. The first-order valence-corrected chi connectivity index (χ1v) is 3.77. The zero-order valence-corrected chi connectivity index (χ0v) is 6.97. The van der Waals surface area contributed by atoms with Crippen molar-refractivity contribution in [3.63, 3.8) is 0 Å². The van der Waals surface area contributed by atoms with Gasteiger partial charge in [0.2, 0.25) is 0 Å². The van der Waals surface area contributed by atoms with Gasteiger partial charge >= 0.3 is 0 Å². The molecule has 8 nitrogen and oxygen atoms in total. The van der Waals surface area contributed by atoms with E-state index in [1.807, 2.05) is 0 Å². The highest BCUT2D eigenvalue weighted by molar-refractivity contribution is 5.89. The Labute approximate surface area is 77.7 Å². The molecule has 0 aliphatic rings. The molecule has 0 unspecified atom stereocenters. The van der Waals surface area contributed by atoms with Gasteiger partial charge in [-0.05, 0) is 5.21 Å². The summed E-state index contributed by atoms with van der Waals surface area (Å²) in [5, 5.41) is 18.5. The number of tetrazole rings is 1. The number of hydrogen-bond donors (Lipinski definition) is 2. The Morgan fingerprint density at radius 2 is 2.57 bits per heavy atom. The van der Waals surface area contributed by atoms with Gasteiger partial charge in [-0.2, -0.15) is 5.21 Å². The molecule has 14 heavy (non-hydrogen) atoms. The maximum atomic E-state index is 11.2. The van der Waals surface area contributed by atoms with E-state index in [-0.39, 0.29) is 12.4 Å². The van der Waals surface area contributed by atoms with Crippen LogP contribution in [0.2, 0.25) is 0 Å². The molecule has 2 aromatic heterocycles. The number of H-pyrrole nitrogens is 1. The molecule has 0 spiro atoms. The molecule has 0 aromatic carbocycles. The van der Waals surface area contributed by atoms with Gasteiger partial charge in [-0.25, -0.2) is 0 Å². The van der Waals surface area contributed by atoms with E-state index in [9.17, 15) is 4.79 Å². The fourth-order valence-electron chi connectivity index (χ4n) is 0.838. The third-order valence-electron chi connectivity index (χ3n) is 1.46. The normalized spacial score (nSPS) is 10.0. The summed E-state index contributed by atoms with van der Waals surface area (Å²) in [6.45, 7) is 0.243. The molecule has 0 saturated heterocycles. The van der Waals surface area contributed by atoms with Gasteiger partial charge in [0.15, 0.2) is 5.76 Å². The molecule has 8 heteroatoms. The van der Waals surface area contributed by atoms with Gasteiger partial charge < -0.3 is 9.84 Å². The Morgan fingerprint density at radius 3 is 3.21 bits per heavy atom. The quantitative estimate of drug-likeness (QED) is 0.656. The van der Waals surface area contributed by atoms with Crippen molar-refractivity contribution in [2.45, 2.75) is 6.54 Å². The summed E-state index contributed by atoms with van der Waals surface area (Å²) in [6, 6.07) is 1.65. The predicted octanol–water partition coefficient (Wildman–Crippen LogP) is -0.882. The van der Waals surface area contributed by atoms with Crippen molar-refractivity contribution in [2.24, 2.45) is 0 Å². The number of carbonyl (C=O) groups is 1. The van der Waals surface area contributed by atoms with Gasteiger partial charge in [-0.1, -0.05) is 5.16 Å². The standard InChI is InChI=1S/C6H6N6O2/c13-6(5-9-11-12-10-5)7-3-4-1-2-8-14-4/h1-2H,3H2,(H,7,13)(H,9,10,11,12). The number of carbonyl (C=O) groups excluding carboxylic acids is 1. The third-order valence-corrected chi connectivity index (χ3v) is 1.46. The summed E-state index contributed by atoms with van der Waals surface area (Å²) >= 11 is 0. The Morgan fingerprint density at radius 1 is 1.64 bits per heavy atom. The van der Waals surface area contributed by atoms with Crippen LogP contribution in [-0.2, 0) is 6.54 Å². The number of hydrogen-bond acceptors (Lipinski definition) is 6. The van der Waals surface area contributed by atoms with E-state index in [1.54, 1.807) is 6.07 Å². The summed E-state index contributed by atoms with van der Waals surface area (Å²) in [6.07, 6.45) is 1.50. The topological polar surface area (TPSA) is 110 Å². The molecule has 0 radical (unpaired) electrons. The average molecular weight is 194 g/mol. The lowest BCUT2D eigenvalue weighted by molar-refractivity contribution is 0.0936. The second-order valence-electron chi connectivity index (χ2n) is 2.40. The first-order valence-electron chi connectivity index (χ1n) is 3.77. The summed E-state index contributed by atoms with van der Waals surface area (Å²) in [5.41, 5.74) is 0. The lowest BCUT2D eigenvalue weighted by Crippen LogP contribution is -2.23. The summed E-state index contributed by atoms with van der Waals surface area (Å²) in [4.78, 5) is 11.2. The van der Waals surface area contributed by atoms with Crippen LogP contribution in [0.4, 0.5) is 0 Å². The third kappa shape index (κ3) is 1.73. The van der Waals surface area contributed by atoms with E-state index in [2.05, 4.69) is 31.1 Å². The number of nitrogens with zero attached hydrogens (tertiary/aromatic N) is 4. The molecule has 72 valence electrons. The molecular formula is C6H6N6O2. The Bertz CT molecular complexity index is 394. The number of amides is 1. The maximum absolute atomic E-state index is 11.2. The van der Waals surface area contributed by atoms with Gasteiger partial charge in [0.1, 0.15) is 0 Å². The van der Waals surface area contributed by atoms with Crippen LogP contribution in [0.25, 0.3) is 0 Å². The number of nitrogens with one attached hydrogen (secondary N) is 2. The first-order chi connectivity index (χ1) is 6.86. The Kier molecular flexibility index (Phi) is 2.17. The van der Waals surface area contributed by atoms with Crippen LogP contribution in [0.3, 0.4) is 0 Å². The van der Waals surface area contributed by atoms with E-state index in [4.69, 9.17) is 4.52 Å². The fraction of sp³-hybridized carbons (Fsp3) is 0.167. The highest BCUT2D eigenvalue weighted by Gasteiger charge is 2.10. The number of rotatable bonds is 3. The predicted molar refractivity (Wildman–Crippen MR) is 41.9 cm³/mol. The molecule has 0 aliphatic heterocycles. The number of aromatic nitrogens is 5. The minimum atomic E-state index is -0.421. The molecule has 2 heterocycles. The van der Waals surface area contributed by atoms with Crippen LogP contribution < -0.4 is 5.32 Å².